The number of hydrogen-bond donors (Lipinski definition) is 2. The first-order valence-electron chi connectivity index (χ1n) is 12.9. The van der Waals surface area contributed by atoms with E-state index in [4.69, 9.17) is 4.42 Å². The number of anilines is 1. The molecule has 0 radical (unpaired) electrons. The van der Waals surface area contributed by atoms with Crippen molar-refractivity contribution < 1.29 is 36.8 Å². The van der Waals surface area contributed by atoms with Crippen molar-refractivity contribution in [3.8, 4) is 11.3 Å². The number of ether oxygens (including phenoxy) is 1. The van der Waals surface area contributed by atoms with E-state index in [1.54, 1.807) is 6.07 Å². The van der Waals surface area contributed by atoms with Gasteiger partial charge in [0.2, 0.25) is 0 Å². The highest BCUT2D eigenvalue weighted by Gasteiger charge is 2.31. The van der Waals surface area contributed by atoms with Gasteiger partial charge in [-0.05, 0) is 78.4 Å². The SMILES string of the molecule is CNC(=O)c1c(-c2ccc(F)cc2)oc2cc(CN(c3ccc([N+](=O)[O-])c(CC(=O)OC)c3)S(=O)O)c(C3CC3)cc12. The number of nitro groups is 1. The van der Waals surface area contributed by atoms with E-state index in [0.29, 0.717) is 22.1 Å². The van der Waals surface area contributed by atoms with Gasteiger partial charge in [0, 0.05) is 29.6 Å². The van der Waals surface area contributed by atoms with E-state index in [9.17, 15) is 32.9 Å². The molecule has 1 aliphatic rings. The van der Waals surface area contributed by atoms with Crippen molar-refractivity contribution >= 4 is 45.5 Å². The molecule has 3 aromatic carbocycles. The molecule has 1 atom stereocenters. The largest absolute Gasteiger partial charge is 0.469 e. The molecule has 0 bridgehead atoms. The third kappa shape index (κ3) is 5.74. The first kappa shape index (κ1) is 28.9. The number of hydrogen-bond acceptors (Lipinski definition) is 7. The quantitative estimate of drug-likeness (QED) is 0.109. The van der Waals surface area contributed by atoms with Crippen LogP contribution in [0.25, 0.3) is 22.3 Å². The Balaban J connectivity index is 1.62. The van der Waals surface area contributed by atoms with Crippen molar-refractivity contribution in [1.29, 1.82) is 0 Å². The molecule has 1 saturated carbocycles. The second-order valence-corrected chi connectivity index (χ2v) is 10.7. The number of amides is 1. The molecule has 4 aromatic rings. The Hall–Kier alpha value is -4.62. The Morgan fingerprint density at radius 2 is 1.88 bits per heavy atom. The van der Waals surface area contributed by atoms with Crippen molar-refractivity contribution in [3.05, 3.63) is 92.8 Å². The Morgan fingerprint density at radius 3 is 2.48 bits per heavy atom. The molecule has 13 heteroatoms. The molecule has 2 N–H and O–H groups in total. The van der Waals surface area contributed by atoms with Gasteiger partial charge in [-0.2, -0.15) is 0 Å². The van der Waals surface area contributed by atoms with Gasteiger partial charge in [-0.3, -0.25) is 28.6 Å². The van der Waals surface area contributed by atoms with Crippen LogP contribution in [0, 0.1) is 15.9 Å². The maximum atomic E-state index is 13.6. The van der Waals surface area contributed by atoms with Gasteiger partial charge in [-0.1, -0.05) is 0 Å². The molecule has 1 aliphatic carbocycles. The summed E-state index contributed by atoms with van der Waals surface area (Å²) in [5.74, 6) is -1.10. The number of carbonyl (C=O) groups excluding carboxylic acids is 2. The summed E-state index contributed by atoms with van der Waals surface area (Å²) in [6, 6.07) is 13.0. The minimum Gasteiger partial charge on any atom is -0.469 e. The molecule has 1 heterocycles. The standard InChI is InChI=1S/C29H26FN3O8S/c1-31-29(35)27-23-14-22(16-3-4-16)19(12-25(23)41-28(27)17-5-7-20(30)8-6-17)15-32(42(38)39)21-9-10-24(33(36)37)18(11-21)13-26(34)40-2/h5-12,14,16H,3-4,13,15H2,1-2H3,(H,31,35)(H,38,39). The lowest BCUT2D eigenvalue weighted by Crippen LogP contribution is -2.25. The van der Waals surface area contributed by atoms with E-state index in [1.807, 2.05) is 6.07 Å². The Morgan fingerprint density at radius 1 is 1.17 bits per heavy atom. The Bertz CT molecular complexity index is 1730. The first-order valence-corrected chi connectivity index (χ1v) is 14.0. The number of methoxy groups -OCH3 is 1. The van der Waals surface area contributed by atoms with Crippen LogP contribution in [0.4, 0.5) is 15.8 Å². The third-order valence-electron chi connectivity index (χ3n) is 7.14. The van der Waals surface area contributed by atoms with Gasteiger partial charge >= 0.3 is 5.97 Å². The molecular weight excluding hydrogens is 569 g/mol. The van der Waals surface area contributed by atoms with E-state index in [-0.39, 0.29) is 46.6 Å². The number of nitrogens with one attached hydrogen (secondary N) is 1. The lowest BCUT2D eigenvalue weighted by Gasteiger charge is -2.22. The van der Waals surface area contributed by atoms with Gasteiger partial charge < -0.3 is 14.5 Å². The van der Waals surface area contributed by atoms with Gasteiger partial charge in [-0.15, -0.1) is 0 Å². The molecule has 1 aromatic heterocycles. The lowest BCUT2D eigenvalue weighted by molar-refractivity contribution is -0.385. The van der Waals surface area contributed by atoms with Crippen LogP contribution >= 0.6 is 0 Å². The van der Waals surface area contributed by atoms with Gasteiger partial charge in [0.1, 0.15) is 17.2 Å². The van der Waals surface area contributed by atoms with Crippen molar-refractivity contribution in [2.24, 2.45) is 0 Å². The summed E-state index contributed by atoms with van der Waals surface area (Å²) >= 11 is -2.55. The molecule has 1 amide bonds. The topological polar surface area (TPSA) is 152 Å². The molecule has 11 nitrogen and oxygen atoms in total. The number of benzene rings is 3. The molecule has 0 spiro atoms. The van der Waals surface area contributed by atoms with Gasteiger partial charge in [-0.25, -0.2) is 8.60 Å². The predicted octanol–water partition coefficient (Wildman–Crippen LogP) is 5.24. The number of carbonyl (C=O) groups is 2. The van der Waals surface area contributed by atoms with Crippen LogP contribution < -0.4 is 9.62 Å². The van der Waals surface area contributed by atoms with Crippen LogP contribution in [0.1, 0.15) is 45.8 Å². The van der Waals surface area contributed by atoms with Crippen LogP contribution in [-0.2, 0) is 33.8 Å². The fourth-order valence-electron chi connectivity index (χ4n) is 4.93. The minimum absolute atomic E-state index is 0.0304. The normalized spacial score (nSPS) is 13.5. The van der Waals surface area contributed by atoms with Crippen LogP contribution in [0.15, 0.2) is 59.0 Å². The number of nitro benzene ring substituents is 1. The number of rotatable bonds is 10. The highest BCUT2D eigenvalue weighted by Crippen LogP contribution is 2.45. The molecule has 218 valence electrons. The van der Waals surface area contributed by atoms with Gasteiger partial charge in [0.15, 0.2) is 0 Å². The number of halogens is 1. The fraction of sp³-hybridized carbons (Fsp3) is 0.241. The van der Waals surface area contributed by atoms with E-state index in [0.717, 1.165) is 29.8 Å². The van der Waals surface area contributed by atoms with Crippen molar-refractivity contribution in [2.45, 2.75) is 31.7 Å². The van der Waals surface area contributed by atoms with Crippen LogP contribution in [0.5, 0.6) is 0 Å². The highest BCUT2D eigenvalue weighted by molar-refractivity contribution is 7.80. The monoisotopic (exact) mass is 595 g/mol. The van der Waals surface area contributed by atoms with Crippen LogP contribution in [0.3, 0.4) is 0 Å². The van der Waals surface area contributed by atoms with Crippen molar-refractivity contribution in [1.82, 2.24) is 5.32 Å². The van der Waals surface area contributed by atoms with Crippen molar-refractivity contribution in [3.63, 3.8) is 0 Å². The molecule has 1 unspecified atom stereocenters. The van der Waals surface area contributed by atoms with Gasteiger partial charge in [0.05, 0.1) is 36.2 Å². The summed E-state index contributed by atoms with van der Waals surface area (Å²) < 4.78 is 48.4. The van der Waals surface area contributed by atoms with E-state index >= 15 is 0 Å². The number of esters is 1. The maximum absolute atomic E-state index is 13.6. The summed E-state index contributed by atoms with van der Waals surface area (Å²) in [6.07, 6.45) is 1.38. The van der Waals surface area contributed by atoms with E-state index < -0.39 is 34.4 Å². The van der Waals surface area contributed by atoms with Crippen molar-refractivity contribution in [2.75, 3.05) is 18.5 Å². The smallest absolute Gasteiger partial charge is 0.310 e. The Labute approximate surface area is 241 Å². The number of fused-ring (bicyclic) bond motifs is 1. The zero-order valence-electron chi connectivity index (χ0n) is 22.6. The molecule has 5 rings (SSSR count). The first-order chi connectivity index (χ1) is 20.1. The summed E-state index contributed by atoms with van der Waals surface area (Å²) in [5, 5.41) is 14.7. The number of nitrogens with zero attached hydrogens (tertiary/aromatic N) is 2. The summed E-state index contributed by atoms with van der Waals surface area (Å²) in [5.41, 5.74) is 2.56. The molecule has 42 heavy (non-hydrogen) atoms. The lowest BCUT2D eigenvalue weighted by atomic mass is 9.97. The average molecular weight is 596 g/mol. The van der Waals surface area contributed by atoms with Crippen LogP contribution in [0.2, 0.25) is 0 Å². The highest BCUT2D eigenvalue weighted by atomic mass is 32.2. The molecular formula is C29H26FN3O8S. The third-order valence-corrected chi connectivity index (χ3v) is 7.86. The predicted molar refractivity (Wildman–Crippen MR) is 153 cm³/mol. The van der Waals surface area contributed by atoms with Gasteiger partial charge in [0.25, 0.3) is 22.9 Å². The summed E-state index contributed by atoms with van der Waals surface area (Å²) in [6.45, 7) is -0.0811. The number of furan rings is 1. The zero-order valence-corrected chi connectivity index (χ0v) is 23.4. The second kappa shape index (κ2) is 11.7. The zero-order chi connectivity index (χ0) is 30.1. The molecule has 0 aliphatic heterocycles. The molecule has 1 fully saturated rings. The fourth-order valence-corrected chi connectivity index (χ4v) is 5.48. The maximum Gasteiger partial charge on any atom is 0.310 e. The molecule has 0 saturated heterocycles. The summed E-state index contributed by atoms with van der Waals surface area (Å²) in [7, 11) is 2.66. The minimum atomic E-state index is -2.55. The second-order valence-electron chi connectivity index (χ2n) is 9.80. The summed E-state index contributed by atoms with van der Waals surface area (Å²) in [4.78, 5) is 35.8. The Kier molecular flexibility index (Phi) is 8.05. The van der Waals surface area contributed by atoms with E-state index in [2.05, 4.69) is 10.1 Å². The van der Waals surface area contributed by atoms with Crippen LogP contribution in [-0.4, -0.2) is 39.7 Å². The average Bonchev–Trinajstić information content (AvgIpc) is 3.75. The van der Waals surface area contributed by atoms with E-state index in [1.165, 1.54) is 49.5 Å².